The number of hydrogen-bond donors (Lipinski definition) is 2. The molecule has 1 aliphatic carbocycles. The third kappa shape index (κ3) is 2.91. The van der Waals surface area contributed by atoms with Gasteiger partial charge in [0.15, 0.2) is 11.5 Å². The maximum Gasteiger partial charge on any atom is 0.182 e. The van der Waals surface area contributed by atoms with Crippen LogP contribution in [0.5, 0.6) is 0 Å². The van der Waals surface area contributed by atoms with Crippen LogP contribution >= 0.6 is 0 Å². The Morgan fingerprint density at radius 3 is 2.70 bits per heavy atom. The van der Waals surface area contributed by atoms with E-state index in [2.05, 4.69) is 39.7 Å². The number of pyridine rings is 1. The van der Waals surface area contributed by atoms with Gasteiger partial charge in [0.05, 0.1) is 6.04 Å². The molecule has 1 atom stereocenters. The van der Waals surface area contributed by atoms with Crippen LogP contribution in [-0.2, 0) is 6.42 Å². The number of fused-ring (bicyclic) bond motifs is 2. The third-order valence-corrected chi connectivity index (χ3v) is 5.21. The lowest BCUT2D eigenvalue weighted by atomic mass is 9.87. The third-order valence-electron chi connectivity index (χ3n) is 5.21. The van der Waals surface area contributed by atoms with E-state index >= 15 is 0 Å². The number of hydrogen-bond acceptors (Lipinski definition) is 4. The maximum absolute atomic E-state index is 6.27. The summed E-state index contributed by atoms with van der Waals surface area (Å²) in [5, 5.41) is 8.22. The van der Waals surface area contributed by atoms with Crippen molar-refractivity contribution in [3.8, 4) is 11.4 Å². The average molecular weight is 355 g/mol. The minimum absolute atomic E-state index is 0.299. The zero-order chi connectivity index (χ0) is 18.2. The Hall–Kier alpha value is -3.34. The van der Waals surface area contributed by atoms with E-state index in [0.29, 0.717) is 17.7 Å². The molecule has 5 nitrogen and oxygen atoms in total. The van der Waals surface area contributed by atoms with Gasteiger partial charge in [0, 0.05) is 23.4 Å². The molecule has 1 aliphatic rings. The summed E-state index contributed by atoms with van der Waals surface area (Å²) < 4.78 is 1.70. The molecule has 0 fully saturated rings. The van der Waals surface area contributed by atoms with E-state index in [9.17, 15) is 0 Å². The average Bonchev–Trinajstić information content (AvgIpc) is 3.14. The number of nitrogens with one attached hydrogen (secondary N) is 1. The maximum atomic E-state index is 6.27. The predicted molar refractivity (Wildman–Crippen MR) is 109 cm³/mol. The van der Waals surface area contributed by atoms with Gasteiger partial charge in [-0.25, -0.2) is 4.98 Å². The summed E-state index contributed by atoms with van der Waals surface area (Å²) in [6.07, 6.45) is 3.46. The Balaban J connectivity index is 1.50. The van der Waals surface area contributed by atoms with Gasteiger partial charge < -0.3 is 11.1 Å². The topological polar surface area (TPSA) is 68.2 Å². The van der Waals surface area contributed by atoms with Crippen LogP contribution in [0.1, 0.15) is 30.0 Å². The van der Waals surface area contributed by atoms with Crippen molar-refractivity contribution in [2.75, 3.05) is 11.1 Å². The van der Waals surface area contributed by atoms with Crippen molar-refractivity contribution in [3.63, 3.8) is 0 Å². The Bertz CT molecular complexity index is 1100. The van der Waals surface area contributed by atoms with E-state index < -0.39 is 0 Å². The van der Waals surface area contributed by atoms with Crippen molar-refractivity contribution in [2.24, 2.45) is 0 Å². The first-order chi connectivity index (χ1) is 13.3. The first kappa shape index (κ1) is 15.9. The van der Waals surface area contributed by atoms with E-state index in [1.807, 2.05) is 42.5 Å². The number of benzene rings is 2. The van der Waals surface area contributed by atoms with Gasteiger partial charge >= 0.3 is 0 Å². The van der Waals surface area contributed by atoms with Gasteiger partial charge in [-0.2, -0.15) is 4.52 Å². The molecule has 0 amide bonds. The van der Waals surface area contributed by atoms with Gasteiger partial charge in [-0.15, -0.1) is 5.10 Å². The van der Waals surface area contributed by atoms with Crippen LogP contribution in [0.4, 0.5) is 11.5 Å². The van der Waals surface area contributed by atoms with E-state index in [1.54, 1.807) is 4.52 Å². The Labute approximate surface area is 157 Å². The fourth-order valence-corrected chi connectivity index (χ4v) is 3.91. The molecule has 0 aliphatic heterocycles. The van der Waals surface area contributed by atoms with Gasteiger partial charge in [0.25, 0.3) is 0 Å². The molecule has 27 heavy (non-hydrogen) atoms. The summed E-state index contributed by atoms with van der Waals surface area (Å²) in [5.74, 6) is 1.26. The summed E-state index contributed by atoms with van der Waals surface area (Å²) in [6.45, 7) is 0. The minimum atomic E-state index is 0.299. The molecule has 0 saturated heterocycles. The van der Waals surface area contributed by atoms with E-state index in [1.165, 1.54) is 17.5 Å². The fraction of sp³-hybridized carbons (Fsp3) is 0.182. The number of aromatic nitrogens is 3. The van der Waals surface area contributed by atoms with Crippen molar-refractivity contribution >= 4 is 17.2 Å². The molecule has 2 aromatic heterocycles. The normalized spacial score (nSPS) is 16.2. The van der Waals surface area contributed by atoms with Gasteiger partial charge in [-0.3, -0.25) is 0 Å². The lowest BCUT2D eigenvalue weighted by Crippen LogP contribution is -2.17. The Morgan fingerprint density at radius 1 is 1.00 bits per heavy atom. The molecule has 5 rings (SSSR count). The van der Waals surface area contributed by atoms with E-state index in [-0.39, 0.29) is 0 Å². The zero-order valence-electron chi connectivity index (χ0n) is 15.0. The van der Waals surface area contributed by atoms with Crippen molar-refractivity contribution in [3.05, 3.63) is 77.9 Å². The number of nitrogens with two attached hydrogens (primary N) is 1. The monoisotopic (exact) mass is 355 g/mol. The molecule has 0 saturated carbocycles. The van der Waals surface area contributed by atoms with Crippen molar-refractivity contribution < 1.29 is 0 Å². The minimum Gasteiger partial charge on any atom is -0.384 e. The molecule has 0 bridgehead atoms. The molecular formula is C22H21N5. The highest BCUT2D eigenvalue weighted by Crippen LogP contribution is 2.33. The number of nitrogens with zero attached hydrogens (tertiary/aromatic N) is 3. The standard InChI is InChI=1S/C22H21N5/c23-20-13-17(24-19-12-6-10-15-7-4-5-11-18(15)19)14-21-25-22(26-27(20)21)16-8-2-1-3-9-16/h1-5,7-9,11,13-14,19,24H,6,10,12,23H2. The smallest absolute Gasteiger partial charge is 0.182 e. The summed E-state index contributed by atoms with van der Waals surface area (Å²) in [7, 11) is 0. The molecule has 3 N–H and O–H groups in total. The Morgan fingerprint density at radius 2 is 1.81 bits per heavy atom. The van der Waals surface area contributed by atoms with Crippen molar-refractivity contribution in [1.29, 1.82) is 0 Å². The number of nitrogen functional groups attached to an aromatic ring is 1. The number of aryl methyl sites for hydroxylation is 1. The quantitative estimate of drug-likeness (QED) is 0.569. The van der Waals surface area contributed by atoms with Crippen LogP contribution in [0.25, 0.3) is 17.0 Å². The molecule has 2 heterocycles. The summed E-state index contributed by atoms with van der Waals surface area (Å²) >= 11 is 0. The first-order valence-corrected chi connectivity index (χ1v) is 9.34. The van der Waals surface area contributed by atoms with E-state index in [0.717, 1.165) is 29.7 Å². The molecular weight excluding hydrogens is 334 g/mol. The Kier molecular flexibility index (Phi) is 3.78. The van der Waals surface area contributed by atoms with Crippen LogP contribution in [0, 0.1) is 0 Å². The summed E-state index contributed by atoms with van der Waals surface area (Å²) in [4.78, 5) is 4.67. The van der Waals surface area contributed by atoms with Crippen LogP contribution in [-0.4, -0.2) is 14.6 Å². The lowest BCUT2D eigenvalue weighted by Gasteiger charge is -2.27. The number of rotatable bonds is 3. The highest BCUT2D eigenvalue weighted by atomic mass is 15.3. The van der Waals surface area contributed by atoms with Crippen LogP contribution in [0.3, 0.4) is 0 Å². The lowest BCUT2D eigenvalue weighted by molar-refractivity contribution is 0.600. The molecule has 4 aromatic rings. The first-order valence-electron chi connectivity index (χ1n) is 9.34. The molecule has 1 unspecified atom stereocenters. The van der Waals surface area contributed by atoms with Gasteiger partial charge in [0.1, 0.15) is 5.82 Å². The molecule has 2 aromatic carbocycles. The molecule has 0 radical (unpaired) electrons. The van der Waals surface area contributed by atoms with Gasteiger partial charge in [0.2, 0.25) is 0 Å². The molecule has 0 spiro atoms. The SMILES string of the molecule is Nc1cc(NC2CCCc3ccccc32)cc2nc(-c3ccccc3)nn12. The van der Waals surface area contributed by atoms with Crippen molar-refractivity contribution in [1.82, 2.24) is 14.6 Å². The highest BCUT2D eigenvalue weighted by Gasteiger charge is 2.20. The fourth-order valence-electron chi connectivity index (χ4n) is 3.91. The highest BCUT2D eigenvalue weighted by molar-refractivity contribution is 5.66. The van der Waals surface area contributed by atoms with Gasteiger partial charge in [-0.05, 0) is 30.4 Å². The summed E-state index contributed by atoms with van der Waals surface area (Å²) in [5.41, 5.74) is 11.8. The molecule has 5 heteroatoms. The van der Waals surface area contributed by atoms with Crippen LogP contribution < -0.4 is 11.1 Å². The van der Waals surface area contributed by atoms with Crippen LogP contribution in [0.15, 0.2) is 66.7 Å². The zero-order valence-corrected chi connectivity index (χ0v) is 15.0. The second kappa shape index (κ2) is 6.43. The second-order valence-electron chi connectivity index (χ2n) is 7.03. The molecule has 134 valence electrons. The van der Waals surface area contributed by atoms with Gasteiger partial charge in [-0.1, -0.05) is 54.6 Å². The second-order valence-corrected chi connectivity index (χ2v) is 7.03. The largest absolute Gasteiger partial charge is 0.384 e. The number of anilines is 2. The van der Waals surface area contributed by atoms with Crippen LogP contribution in [0.2, 0.25) is 0 Å². The predicted octanol–water partition coefficient (Wildman–Crippen LogP) is 4.47. The van der Waals surface area contributed by atoms with E-state index in [4.69, 9.17) is 5.73 Å². The summed E-state index contributed by atoms with van der Waals surface area (Å²) in [6, 6.07) is 22.9. The van der Waals surface area contributed by atoms with Crippen molar-refractivity contribution in [2.45, 2.75) is 25.3 Å².